The third-order valence-electron chi connectivity index (χ3n) is 4.01. The maximum absolute atomic E-state index is 12.8. The molecule has 0 atom stereocenters. The molecule has 0 spiro atoms. The SMILES string of the molecule is O=C(Nc1ccc(C(=O)NCCCOc2ccc(F)cc2)cc1)NC1CC1. The Balaban J connectivity index is 1.34. The molecule has 0 aliphatic heterocycles. The van der Waals surface area contributed by atoms with Gasteiger partial charge in [-0.15, -0.1) is 0 Å². The number of anilines is 1. The van der Waals surface area contributed by atoms with E-state index in [9.17, 15) is 14.0 Å². The van der Waals surface area contributed by atoms with E-state index in [4.69, 9.17) is 4.74 Å². The average Bonchev–Trinajstić information content (AvgIpc) is 3.47. The first kappa shape index (κ1) is 18.7. The standard InChI is InChI=1S/C20H22FN3O3/c21-15-4-10-18(11-5-15)27-13-1-12-22-19(25)14-2-6-16(7-3-14)23-20(26)24-17-8-9-17/h2-7,10-11,17H,1,8-9,12-13H2,(H,22,25)(H2,23,24,26). The van der Waals surface area contributed by atoms with Crippen LogP contribution in [0.15, 0.2) is 48.5 Å². The Morgan fingerprint density at radius 2 is 1.74 bits per heavy atom. The highest BCUT2D eigenvalue weighted by atomic mass is 19.1. The zero-order valence-corrected chi connectivity index (χ0v) is 14.8. The summed E-state index contributed by atoms with van der Waals surface area (Å²) in [6.07, 6.45) is 2.69. The Morgan fingerprint density at radius 1 is 1.04 bits per heavy atom. The fraction of sp³-hybridized carbons (Fsp3) is 0.300. The van der Waals surface area contributed by atoms with Gasteiger partial charge in [0.2, 0.25) is 0 Å². The van der Waals surface area contributed by atoms with Gasteiger partial charge in [-0.1, -0.05) is 0 Å². The number of ether oxygens (including phenoxy) is 1. The van der Waals surface area contributed by atoms with Crippen molar-refractivity contribution in [1.82, 2.24) is 10.6 Å². The number of rotatable bonds is 8. The maximum atomic E-state index is 12.8. The van der Waals surface area contributed by atoms with Crippen molar-refractivity contribution in [3.05, 3.63) is 59.9 Å². The van der Waals surface area contributed by atoms with Crippen molar-refractivity contribution in [2.24, 2.45) is 0 Å². The van der Waals surface area contributed by atoms with E-state index < -0.39 is 0 Å². The zero-order valence-electron chi connectivity index (χ0n) is 14.8. The summed E-state index contributed by atoms with van der Waals surface area (Å²) in [6.45, 7) is 0.884. The highest BCUT2D eigenvalue weighted by Crippen LogP contribution is 2.19. The van der Waals surface area contributed by atoms with Crippen molar-refractivity contribution in [3.63, 3.8) is 0 Å². The van der Waals surface area contributed by atoms with Crippen LogP contribution in [0.1, 0.15) is 29.6 Å². The first-order chi connectivity index (χ1) is 13.1. The van der Waals surface area contributed by atoms with Crippen LogP contribution >= 0.6 is 0 Å². The van der Waals surface area contributed by atoms with Crippen LogP contribution in [-0.2, 0) is 0 Å². The van der Waals surface area contributed by atoms with E-state index in [-0.39, 0.29) is 17.8 Å². The van der Waals surface area contributed by atoms with E-state index in [1.807, 2.05) is 0 Å². The van der Waals surface area contributed by atoms with Crippen LogP contribution < -0.4 is 20.7 Å². The maximum Gasteiger partial charge on any atom is 0.319 e. The number of nitrogens with one attached hydrogen (secondary N) is 3. The second kappa shape index (κ2) is 9.02. The van der Waals surface area contributed by atoms with Crippen LogP contribution in [0.5, 0.6) is 5.75 Å². The highest BCUT2D eigenvalue weighted by Gasteiger charge is 2.23. The van der Waals surface area contributed by atoms with Crippen molar-refractivity contribution in [3.8, 4) is 5.75 Å². The molecule has 7 heteroatoms. The van der Waals surface area contributed by atoms with Gasteiger partial charge in [0.15, 0.2) is 0 Å². The highest BCUT2D eigenvalue weighted by molar-refractivity contribution is 5.95. The molecule has 0 saturated heterocycles. The van der Waals surface area contributed by atoms with Gasteiger partial charge in [-0.05, 0) is 67.8 Å². The van der Waals surface area contributed by atoms with Gasteiger partial charge in [0.05, 0.1) is 6.61 Å². The van der Waals surface area contributed by atoms with E-state index in [0.29, 0.717) is 42.6 Å². The molecule has 27 heavy (non-hydrogen) atoms. The van der Waals surface area contributed by atoms with Crippen molar-refractivity contribution in [2.75, 3.05) is 18.5 Å². The number of benzene rings is 2. The number of urea groups is 1. The molecule has 3 amide bonds. The molecule has 0 heterocycles. The van der Waals surface area contributed by atoms with Gasteiger partial charge in [-0.25, -0.2) is 9.18 Å². The minimum atomic E-state index is -0.306. The van der Waals surface area contributed by atoms with Crippen molar-refractivity contribution < 1.29 is 18.7 Å². The minimum Gasteiger partial charge on any atom is -0.494 e. The zero-order chi connectivity index (χ0) is 19.1. The van der Waals surface area contributed by atoms with Crippen LogP contribution in [0.3, 0.4) is 0 Å². The van der Waals surface area contributed by atoms with Crippen molar-refractivity contribution in [2.45, 2.75) is 25.3 Å². The topological polar surface area (TPSA) is 79.5 Å². The molecule has 2 aromatic carbocycles. The summed E-state index contributed by atoms with van der Waals surface area (Å²) in [7, 11) is 0. The molecule has 1 aliphatic rings. The first-order valence-electron chi connectivity index (χ1n) is 8.94. The smallest absolute Gasteiger partial charge is 0.319 e. The Morgan fingerprint density at radius 3 is 2.41 bits per heavy atom. The third kappa shape index (κ3) is 6.29. The third-order valence-corrected chi connectivity index (χ3v) is 4.01. The first-order valence-corrected chi connectivity index (χ1v) is 8.94. The van der Waals surface area contributed by atoms with E-state index in [2.05, 4.69) is 16.0 Å². The lowest BCUT2D eigenvalue weighted by Crippen LogP contribution is -2.30. The number of halogens is 1. The summed E-state index contributed by atoms with van der Waals surface area (Å²) < 4.78 is 18.3. The Hall–Kier alpha value is -3.09. The van der Waals surface area contributed by atoms with Crippen LogP contribution in [0.4, 0.5) is 14.9 Å². The summed E-state index contributed by atoms with van der Waals surface area (Å²) in [5.41, 5.74) is 1.15. The van der Waals surface area contributed by atoms with E-state index in [1.54, 1.807) is 36.4 Å². The molecule has 1 aliphatic carbocycles. The molecule has 142 valence electrons. The number of hydrogen-bond acceptors (Lipinski definition) is 3. The second-order valence-electron chi connectivity index (χ2n) is 6.36. The van der Waals surface area contributed by atoms with Gasteiger partial charge < -0.3 is 20.7 Å². The molecular weight excluding hydrogens is 349 g/mol. The predicted molar refractivity (Wildman–Crippen MR) is 100 cm³/mol. The lowest BCUT2D eigenvalue weighted by atomic mass is 10.2. The Kier molecular flexibility index (Phi) is 6.25. The molecule has 1 fully saturated rings. The van der Waals surface area contributed by atoms with Crippen LogP contribution in [0.25, 0.3) is 0 Å². The Bertz CT molecular complexity index is 774. The predicted octanol–water partition coefficient (Wildman–Crippen LogP) is 3.31. The molecular formula is C20H22FN3O3. The minimum absolute atomic E-state index is 0.189. The summed E-state index contributed by atoms with van der Waals surface area (Å²) in [4.78, 5) is 23.8. The number of carbonyl (C=O) groups is 2. The number of amides is 3. The van der Waals surface area contributed by atoms with Gasteiger partial charge in [0.1, 0.15) is 11.6 Å². The van der Waals surface area contributed by atoms with Gasteiger partial charge in [-0.2, -0.15) is 0 Å². The molecule has 0 radical (unpaired) electrons. The average molecular weight is 371 g/mol. The van der Waals surface area contributed by atoms with Gasteiger partial charge in [0, 0.05) is 23.8 Å². The molecule has 0 bridgehead atoms. The normalized spacial score (nSPS) is 12.9. The molecule has 6 nitrogen and oxygen atoms in total. The molecule has 3 rings (SSSR count). The fourth-order valence-corrected chi connectivity index (χ4v) is 2.38. The lowest BCUT2D eigenvalue weighted by molar-refractivity contribution is 0.0951. The fourth-order valence-electron chi connectivity index (χ4n) is 2.38. The quantitative estimate of drug-likeness (QED) is 0.623. The van der Waals surface area contributed by atoms with Crippen LogP contribution in [0, 0.1) is 5.82 Å². The van der Waals surface area contributed by atoms with Gasteiger partial charge >= 0.3 is 6.03 Å². The lowest BCUT2D eigenvalue weighted by Gasteiger charge is -2.09. The van der Waals surface area contributed by atoms with E-state index >= 15 is 0 Å². The summed E-state index contributed by atoms with van der Waals surface area (Å²) >= 11 is 0. The molecule has 2 aromatic rings. The Labute approximate surface area is 157 Å². The second-order valence-corrected chi connectivity index (χ2v) is 6.36. The number of hydrogen-bond donors (Lipinski definition) is 3. The van der Waals surface area contributed by atoms with E-state index in [1.165, 1.54) is 12.1 Å². The summed E-state index contributed by atoms with van der Waals surface area (Å²) in [5, 5.41) is 8.38. The monoisotopic (exact) mass is 371 g/mol. The summed E-state index contributed by atoms with van der Waals surface area (Å²) in [6, 6.07) is 12.6. The van der Waals surface area contributed by atoms with Gasteiger partial charge in [-0.3, -0.25) is 4.79 Å². The van der Waals surface area contributed by atoms with Crippen molar-refractivity contribution in [1.29, 1.82) is 0 Å². The van der Waals surface area contributed by atoms with Crippen LogP contribution in [-0.4, -0.2) is 31.1 Å². The van der Waals surface area contributed by atoms with Crippen molar-refractivity contribution >= 4 is 17.6 Å². The molecule has 3 N–H and O–H groups in total. The molecule has 0 aromatic heterocycles. The summed E-state index contributed by atoms with van der Waals surface area (Å²) in [5.74, 6) is 0.0988. The van der Waals surface area contributed by atoms with E-state index in [0.717, 1.165) is 12.8 Å². The molecule has 1 saturated carbocycles. The molecule has 0 unspecified atom stereocenters. The number of carbonyl (C=O) groups excluding carboxylic acids is 2. The van der Waals surface area contributed by atoms with Crippen LogP contribution in [0.2, 0.25) is 0 Å². The largest absolute Gasteiger partial charge is 0.494 e. The van der Waals surface area contributed by atoms with Gasteiger partial charge in [0.25, 0.3) is 5.91 Å².